The second kappa shape index (κ2) is 17.2. The molecule has 0 aliphatic carbocycles. The van der Waals surface area contributed by atoms with Crippen LogP contribution in [0.1, 0.15) is 80.1 Å². The Kier molecular flexibility index (Phi) is 12.0. The number of anilines is 3. The third-order valence-corrected chi connectivity index (χ3v) is 11.4. The summed E-state index contributed by atoms with van der Waals surface area (Å²) in [6.07, 6.45) is -3.94. The maximum Gasteiger partial charge on any atom is 0.417 e. The van der Waals surface area contributed by atoms with Crippen molar-refractivity contribution in [2.45, 2.75) is 57.4 Å². The van der Waals surface area contributed by atoms with E-state index in [1.165, 1.54) is 24.3 Å². The molecule has 324 valence electrons. The second-order valence-electron chi connectivity index (χ2n) is 15.5. The zero-order valence-corrected chi connectivity index (χ0v) is 33.7. The van der Waals surface area contributed by atoms with Crippen molar-refractivity contribution in [2.75, 3.05) is 48.8 Å². The van der Waals surface area contributed by atoms with E-state index in [4.69, 9.17) is 0 Å². The number of benzene rings is 3. The van der Waals surface area contributed by atoms with Gasteiger partial charge in [0.25, 0.3) is 23.6 Å². The molecule has 3 aliphatic rings. The summed E-state index contributed by atoms with van der Waals surface area (Å²) in [7, 11) is 1.98. The van der Waals surface area contributed by atoms with Crippen LogP contribution < -0.4 is 31.7 Å². The number of hydrogen-bond acceptors (Lipinski definition) is 10. The molecule has 19 heteroatoms. The lowest BCUT2D eigenvalue weighted by atomic mass is 10.00. The number of piperazine rings is 1. The number of aromatic amines is 1. The summed E-state index contributed by atoms with van der Waals surface area (Å²) in [5.74, 6) is -5.01. The van der Waals surface area contributed by atoms with Crippen molar-refractivity contribution >= 4 is 52.5 Å². The van der Waals surface area contributed by atoms with Crippen LogP contribution in [-0.2, 0) is 15.8 Å². The third-order valence-electron chi connectivity index (χ3n) is 11.4. The van der Waals surface area contributed by atoms with Gasteiger partial charge in [-0.05, 0) is 75.7 Å². The molecule has 1 aromatic heterocycles. The number of aromatic nitrogens is 1. The lowest BCUT2D eigenvalue weighted by Gasteiger charge is -2.44. The van der Waals surface area contributed by atoms with Gasteiger partial charge in [0.15, 0.2) is 0 Å². The lowest BCUT2D eigenvalue weighted by molar-refractivity contribution is -0.138. The molecule has 0 bridgehead atoms. The molecule has 1 unspecified atom stereocenters. The molecule has 0 radical (unpaired) electrons. The van der Waals surface area contributed by atoms with Gasteiger partial charge in [-0.3, -0.25) is 48.7 Å². The summed E-state index contributed by atoms with van der Waals surface area (Å²) in [6, 6.07) is 12.6. The number of nitrogens with zero attached hydrogens (tertiary/aromatic N) is 3. The minimum Gasteiger partial charge on any atom is -0.384 e. The van der Waals surface area contributed by atoms with Crippen molar-refractivity contribution in [1.82, 2.24) is 25.4 Å². The minimum atomic E-state index is -5.00. The van der Waals surface area contributed by atoms with Gasteiger partial charge >= 0.3 is 6.18 Å². The molecule has 0 spiro atoms. The Bertz CT molecular complexity index is 2550. The Morgan fingerprint density at radius 2 is 1.60 bits per heavy atom. The molecule has 0 saturated carbocycles. The smallest absolute Gasteiger partial charge is 0.384 e. The molecule has 2 saturated heterocycles. The number of piperidine rings is 1. The van der Waals surface area contributed by atoms with Gasteiger partial charge in [0.2, 0.25) is 17.4 Å². The quantitative estimate of drug-likeness (QED) is 0.0809. The molecule has 62 heavy (non-hydrogen) atoms. The lowest BCUT2D eigenvalue weighted by Crippen LogP contribution is -2.55. The van der Waals surface area contributed by atoms with Crippen LogP contribution >= 0.6 is 0 Å². The van der Waals surface area contributed by atoms with Gasteiger partial charge in [-0.2, -0.15) is 13.2 Å². The molecular weight excluding hydrogens is 817 g/mol. The van der Waals surface area contributed by atoms with E-state index in [2.05, 4.69) is 31.2 Å². The normalized spacial score (nSPS) is 19.3. The number of H-pyrrole nitrogens is 1. The van der Waals surface area contributed by atoms with Crippen LogP contribution in [0, 0.1) is 5.82 Å². The third kappa shape index (κ3) is 8.65. The van der Waals surface area contributed by atoms with E-state index in [0.29, 0.717) is 43.1 Å². The highest BCUT2D eigenvalue weighted by atomic mass is 19.4. The Balaban J connectivity index is 1.03. The van der Waals surface area contributed by atoms with Crippen LogP contribution in [0.4, 0.5) is 34.6 Å². The van der Waals surface area contributed by atoms with Crippen molar-refractivity contribution in [3.8, 4) is 11.1 Å². The van der Waals surface area contributed by atoms with Gasteiger partial charge < -0.3 is 25.8 Å². The first-order valence-corrected chi connectivity index (χ1v) is 19.8. The van der Waals surface area contributed by atoms with Gasteiger partial charge in [-0.15, -0.1) is 0 Å². The van der Waals surface area contributed by atoms with E-state index in [1.54, 1.807) is 24.3 Å². The monoisotopic (exact) mass is 858 g/mol. The predicted octanol–water partition coefficient (Wildman–Crippen LogP) is 4.61. The zero-order chi connectivity index (χ0) is 44.6. The highest BCUT2D eigenvalue weighted by molar-refractivity contribution is 6.25. The van der Waals surface area contributed by atoms with E-state index in [0.717, 1.165) is 11.0 Å². The fraction of sp³-hybridized carbons (Fsp3) is 0.326. The minimum absolute atomic E-state index is 0.000969. The van der Waals surface area contributed by atoms with Gasteiger partial charge in [0, 0.05) is 73.8 Å². The molecule has 15 nitrogen and oxygen atoms in total. The Morgan fingerprint density at radius 1 is 0.855 bits per heavy atom. The van der Waals surface area contributed by atoms with E-state index in [9.17, 15) is 46.7 Å². The number of imide groups is 2. The number of alkyl halides is 3. The number of nitrogens with one attached hydrogen (secondary N) is 5. The molecule has 4 heterocycles. The van der Waals surface area contributed by atoms with Crippen molar-refractivity contribution in [1.29, 1.82) is 0 Å². The van der Waals surface area contributed by atoms with Crippen LogP contribution in [0.3, 0.4) is 0 Å². The van der Waals surface area contributed by atoms with Gasteiger partial charge in [-0.25, -0.2) is 4.39 Å². The number of hydrogen-bond donors (Lipinski definition) is 5. The van der Waals surface area contributed by atoms with Crippen molar-refractivity contribution in [3.05, 3.63) is 111 Å². The van der Waals surface area contributed by atoms with Gasteiger partial charge in [0.05, 0.1) is 33.6 Å². The number of amides is 6. The van der Waals surface area contributed by atoms with Crippen LogP contribution in [0.25, 0.3) is 11.1 Å². The zero-order valence-electron chi connectivity index (χ0n) is 33.7. The fourth-order valence-corrected chi connectivity index (χ4v) is 7.93. The number of fused-ring (bicyclic) bond motifs is 1. The Labute approximate surface area is 351 Å². The van der Waals surface area contributed by atoms with E-state index >= 15 is 4.39 Å². The number of likely N-dealkylation sites (N-methyl/N-ethyl adjacent to an activating group) is 1. The average Bonchev–Trinajstić information content (AvgIpc) is 3.47. The molecule has 6 amide bonds. The number of halogens is 4. The summed E-state index contributed by atoms with van der Waals surface area (Å²) < 4.78 is 57.5. The summed E-state index contributed by atoms with van der Waals surface area (Å²) in [5.41, 5.74) is -1.78. The summed E-state index contributed by atoms with van der Waals surface area (Å²) in [5, 5.41) is 10.5. The Hall–Kier alpha value is -6.89. The molecule has 3 aromatic carbocycles. The maximum atomic E-state index is 15.8. The highest BCUT2D eigenvalue weighted by Gasteiger charge is 2.45. The van der Waals surface area contributed by atoms with Gasteiger partial charge in [0.1, 0.15) is 11.9 Å². The molecule has 5 N–H and O–H groups in total. The van der Waals surface area contributed by atoms with Crippen molar-refractivity contribution in [2.24, 2.45) is 0 Å². The van der Waals surface area contributed by atoms with Crippen molar-refractivity contribution < 1.29 is 46.3 Å². The molecular formula is C43H42F4N8O7. The predicted molar refractivity (Wildman–Crippen MR) is 219 cm³/mol. The van der Waals surface area contributed by atoms with Crippen LogP contribution in [0.2, 0.25) is 0 Å². The Morgan fingerprint density at radius 3 is 2.29 bits per heavy atom. The summed E-state index contributed by atoms with van der Waals surface area (Å²) >= 11 is 0. The average molecular weight is 859 g/mol. The SMILES string of the molecule is C[C@@H]1CN(c2ccc(-c3ccc(C(=O)NCCCNc4cccc5c4C(=O)N(C4CCC(=O)NC4=O)C5=O)cc3F)cc2NC(=O)c2c[nH]c(=O)cc2C(F)(F)F)C[C@H](C)N1C. The van der Waals surface area contributed by atoms with Crippen LogP contribution in [-0.4, -0.2) is 102 Å². The summed E-state index contributed by atoms with van der Waals surface area (Å²) in [4.78, 5) is 96.0. The molecule has 3 atom stereocenters. The van der Waals surface area contributed by atoms with Crippen LogP contribution in [0.15, 0.2) is 71.7 Å². The number of carbonyl (C=O) groups excluding carboxylic acids is 6. The molecule has 3 aliphatic heterocycles. The molecule has 7 rings (SSSR count). The standard InChI is InChI=1S/C43H42F4N8O7/c1-22-20-54(21-23(2)53(22)3)33-11-9-24(17-32(33)51-39(59)28-19-50-36(57)18-29(28)43(45,46)47)26-10-8-25(16-30(26)44)38(58)49-15-5-14-48-31-7-4-6-27-37(31)42(62)55(41(27)61)34-12-13-35(56)52-40(34)60/h4,6-11,16-19,22-23,34,48H,5,12-15,20-21H2,1-3H3,(H,49,58)(H,50,57)(H,51,59)(H,52,56,60)/t22-,23+,34?. The fourth-order valence-electron chi connectivity index (χ4n) is 7.93. The van der Waals surface area contributed by atoms with Gasteiger partial charge in [-0.1, -0.05) is 18.2 Å². The van der Waals surface area contributed by atoms with Crippen molar-refractivity contribution in [3.63, 3.8) is 0 Å². The van der Waals surface area contributed by atoms with E-state index in [-0.39, 0.29) is 71.5 Å². The number of pyridine rings is 1. The number of carbonyl (C=O) groups is 6. The van der Waals surface area contributed by atoms with E-state index in [1.807, 2.05) is 25.8 Å². The number of rotatable bonds is 11. The first-order chi connectivity index (χ1) is 29.4. The first kappa shape index (κ1) is 43.2. The first-order valence-electron chi connectivity index (χ1n) is 19.8. The molecule has 2 fully saturated rings. The summed E-state index contributed by atoms with van der Waals surface area (Å²) in [6.45, 7) is 5.45. The second-order valence-corrected chi connectivity index (χ2v) is 15.5. The maximum absolute atomic E-state index is 15.8. The molecule has 4 aromatic rings. The largest absolute Gasteiger partial charge is 0.417 e. The highest BCUT2D eigenvalue weighted by Crippen LogP contribution is 2.37. The van der Waals surface area contributed by atoms with Crippen LogP contribution in [0.5, 0.6) is 0 Å². The topological polar surface area (TPSA) is 193 Å². The van der Waals surface area contributed by atoms with E-state index < -0.39 is 70.2 Å².